The predicted octanol–water partition coefficient (Wildman–Crippen LogP) is 3.42. The van der Waals surface area contributed by atoms with Gasteiger partial charge in [0.05, 0.1) is 0 Å². The normalized spacial score (nSPS) is 14.4. The standard InChI is InChI=1S/C21H26N4O2/c1-24(2)17-12-10-16(11-13-17)22-20(26)18-8-7-9-19(23-18)21(27)25-14-5-3-4-6-15-25/h7-13H,3-6,14-15H2,1-2H3,(H,22,26). The number of hydrogen-bond acceptors (Lipinski definition) is 4. The van der Waals surface area contributed by atoms with Crippen LogP contribution in [0.2, 0.25) is 0 Å². The number of nitrogens with zero attached hydrogens (tertiary/aromatic N) is 3. The highest BCUT2D eigenvalue weighted by molar-refractivity contribution is 6.03. The summed E-state index contributed by atoms with van der Waals surface area (Å²) in [5.74, 6) is -0.417. The van der Waals surface area contributed by atoms with Gasteiger partial charge in [0.1, 0.15) is 11.4 Å². The van der Waals surface area contributed by atoms with Crippen LogP contribution in [0.4, 0.5) is 11.4 Å². The van der Waals surface area contributed by atoms with Gasteiger partial charge in [-0.2, -0.15) is 0 Å². The molecule has 2 amide bonds. The Labute approximate surface area is 160 Å². The van der Waals surface area contributed by atoms with Crippen LogP contribution in [0.5, 0.6) is 0 Å². The molecule has 0 unspecified atom stereocenters. The number of anilines is 2. The fraction of sp³-hybridized carbons (Fsp3) is 0.381. The molecule has 1 aromatic heterocycles. The van der Waals surface area contributed by atoms with Gasteiger partial charge < -0.3 is 15.1 Å². The third-order valence-corrected chi connectivity index (χ3v) is 4.74. The molecule has 1 aliphatic rings. The maximum Gasteiger partial charge on any atom is 0.274 e. The highest BCUT2D eigenvalue weighted by Gasteiger charge is 2.19. The zero-order valence-corrected chi connectivity index (χ0v) is 15.9. The van der Waals surface area contributed by atoms with E-state index in [4.69, 9.17) is 0 Å². The molecule has 0 spiro atoms. The van der Waals surface area contributed by atoms with E-state index in [1.165, 1.54) is 0 Å². The van der Waals surface area contributed by atoms with Crippen molar-refractivity contribution in [2.75, 3.05) is 37.4 Å². The minimum absolute atomic E-state index is 0.0955. The second kappa shape index (κ2) is 8.66. The molecule has 6 nitrogen and oxygen atoms in total. The molecule has 142 valence electrons. The summed E-state index contributed by atoms with van der Waals surface area (Å²) in [6, 6.07) is 12.6. The summed E-state index contributed by atoms with van der Waals surface area (Å²) >= 11 is 0. The SMILES string of the molecule is CN(C)c1ccc(NC(=O)c2cccc(C(=O)N3CCCCCC3)n2)cc1. The summed E-state index contributed by atoms with van der Waals surface area (Å²) in [6.45, 7) is 1.52. The lowest BCUT2D eigenvalue weighted by molar-refractivity contribution is 0.0755. The zero-order chi connectivity index (χ0) is 19.2. The van der Waals surface area contributed by atoms with Gasteiger partial charge in [0, 0.05) is 38.6 Å². The minimum atomic E-state index is -0.321. The fourth-order valence-corrected chi connectivity index (χ4v) is 3.15. The summed E-state index contributed by atoms with van der Waals surface area (Å²) in [5, 5.41) is 2.84. The van der Waals surface area contributed by atoms with E-state index in [0.29, 0.717) is 11.4 Å². The molecule has 0 radical (unpaired) electrons. The molecule has 0 saturated carbocycles. The van der Waals surface area contributed by atoms with Gasteiger partial charge in [0.2, 0.25) is 0 Å². The van der Waals surface area contributed by atoms with Gasteiger partial charge in [0.15, 0.2) is 0 Å². The van der Waals surface area contributed by atoms with Crippen LogP contribution in [0.3, 0.4) is 0 Å². The maximum absolute atomic E-state index is 12.7. The quantitative estimate of drug-likeness (QED) is 0.900. The van der Waals surface area contributed by atoms with Gasteiger partial charge in [-0.15, -0.1) is 0 Å². The molecule has 0 atom stereocenters. The van der Waals surface area contributed by atoms with E-state index in [2.05, 4.69) is 10.3 Å². The summed E-state index contributed by atoms with van der Waals surface area (Å²) in [4.78, 5) is 33.4. The van der Waals surface area contributed by atoms with Gasteiger partial charge in [-0.3, -0.25) is 9.59 Å². The van der Waals surface area contributed by atoms with Crippen LogP contribution in [0.1, 0.15) is 46.7 Å². The third kappa shape index (κ3) is 4.84. The lowest BCUT2D eigenvalue weighted by Gasteiger charge is -2.19. The molecule has 0 aliphatic carbocycles. The molecule has 27 heavy (non-hydrogen) atoms. The average Bonchev–Trinajstić information content (AvgIpc) is 2.97. The van der Waals surface area contributed by atoms with E-state index >= 15 is 0 Å². The number of amides is 2. The smallest absolute Gasteiger partial charge is 0.274 e. The zero-order valence-electron chi connectivity index (χ0n) is 15.9. The van der Waals surface area contributed by atoms with Crippen LogP contribution in [0.25, 0.3) is 0 Å². The first-order valence-corrected chi connectivity index (χ1v) is 9.39. The Hall–Kier alpha value is -2.89. The highest BCUT2D eigenvalue weighted by atomic mass is 16.2. The molecule has 1 aliphatic heterocycles. The van der Waals surface area contributed by atoms with E-state index in [0.717, 1.165) is 44.5 Å². The van der Waals surface area contributed by atoms with Gasteiger partial charge in [-0.25, -0.2) is 4.98 Å². The predicted molar refractivity (Wildman–Crippen MR) is 107 cm³/mol. The molecule has 1 saturated heterocycles. The van der Waals surface area contributed by atoms with Crippen LogP contribution < -0.4 is 10.2 Å². The molecule has 3 rings (SSSR count). The topological polar surface area (TPSA) is 65.5 Å². The largest absolute Gasteiger partial charge is 0.378 e. The molecular formula is C21H26N4O2. The molecule has 2 heterocycles. The Kier molecular flexibility index (Phi) is 6.06. The first-order chi connectivity index (χ1) is 13.0. The number of aromatic nitrogens is 1. The molecule has 2 aromatic rings. The van der Waals surface area contributed by atoms with Crippen molar-refractivity contribution in [3.63, 3.8) is 0 Å². The molecule has 6 heteroatoms. The molecule has 1 fully saturated rings. The summed E-state index contributed by atoms with van der Waals surface area (Å²) < 4.78 is 0. The second-order valence-electron chi connectivity index (χ2n) is 7.01. The molecule has 0 bridgehead atoms. The third-order valence-electron chi connectivity index (χ3n) is 4.74. The van der Waals surface area contributed by atoms with E-state index in [9.17, 15) is 9.59 Å². The fourth-order valence-electron chi connectivity index (χ4n) is 3.15. The summed E-state index contributed by atoms with van der Waals surface area (Å²) in [7, 11) is 3.93. The lowest BCUT2D eigenvalue weighted by atomic mass is 10.2. The maximum atomic E-state index is 12.7. The van der Waals surface area contributed by atoms with Crippen molar-refractivity contribution in [1.29, 1.82) is 0 Å². The Morgan fingerprint density at radius 1 is 0.926 bits per heavy atom. The summed E-state index contributed by atoms with van der Waals surface area (Å²) in [6.07, 6.45) is 4.36. The second-order valence-corrected chi connectivity index (χ2v) is 7.01. The Morgan fingerprint density at radius 3 is 2.19 bits per heavy atom. The first-order valence-electron chi connectivity index (χ1n) is 9.39. The van der Waals surface area contributed by atoms with Crippen LogP contribution in [0, 0.1) is 0 Å². The Bertz CT molecular complexity index is 794. The van der Waals surface area contributed by atoms with Gasteiger partial charge in [-0.05, 0) is 49.2 Å². The van der Waals surface area contributed by atoms with Crippen molar-refractivity contribution < 1.29 is 9.59 Å². The Morgan fingerprint density at radius 2 is 1.56 bits per heavy atom. The van der Waals surface area contributed by atoms with E-state index in [-0.39, 0.29) is 17.5 Å². The number of pyridine rings is 1. The summed E-state index contributed by atoms with van der Waals surface area (Å²) in [5.41, 5.74) is 2.31. The van der Waals surface area contributed by atoms with Crippen LogP contribution in [0.15, 0.2) is 42.5 Å². The number of rotatable bonds is 4. The van der Waals surface area contributed by atoms with E-state index in [1.807, 2.05) is 48.2 Å². The average molecular weight is 366 g/mol. The number of hydrogen-bond donors (Lipinski definition) is 1. The molecule has 1 aromatic carbocycles. The van der Waals surface area contributed by atoms with Crippen LogP contribution in [-0.4, -0.2) is 48.9 Å². The van der Waals surface area contributed by atoms with Crippen molar-refractivity contribution in [3.05, 3.63) is 53.9 Å². The number of likely N-dealkylation sites (tertiary alicyclic amines) is 1. The van der Waals surface area contributed by atoms with Gasteiger partial charge in [-0.1, -0.05) is 18.9 Å². The van der Waals surface area contributed by atoms with E-state index < -0.39 is 0 Å². The van der Waals surface area contributed by atoms with Gasteiger partial charge >= 0.3 is 0 Å². The van der Waals surface area contributed by atoms with Gasteiger partial charge in [0.25, 0.3) is 11.8 Å². The number of benzene rings is 1. The molecular weight excluding hydrogens is 340 g/mol. The Balaban J connectivity index is 1.70. The monoisotopic (exact) mass is 366 g/mol. The lowest BCUT2D eigenvalue weighted by Crippen LogP contribution is -2.32. The first kappa shape index (κ1) is 18.9. The van der Waals surface area contributed by atoms with E-state index in [1.54, 1.807) is 18.2 Å². The van der Waals surface area contributed by atoms with Crippen molar-refractivity contribution in [2.24, 2.45) is 0 Å². The van der Waals surface area contributed by atoms with Crippen LogP contribution in [-0.2, 0) is 0 Å². The number of carbonyl (C=O) groups excluding carboxylic acids is 2. The number of nitrogens with one attached hydrogen (secondary N) is 1. The minimum Gasteiger partial charge on any atom is -0.378 e. The van der Waals surface area contributed by atoms with Crippen molar-refractivity contribution in [2.45, 2.75) is 25.7 Å². The van der Waals surface area contributed by atoms with Crippen molar-refractivity contribution in [1.82, 2.24) is 9.88 Å². The number of carbonyl (C=O) groups is 2. The van der Waals surface area contributed by atoms with Crippen molar-refractivity contribution in [3.8, 4) is 0 Å². The molecule has 1 N–H and O–H groups in total. The highest BCUT2D eigenvalue weighted by Crippen LogP contribution is 2.17. The van der Waals surface area contributed by atoms with Crippen LogP contribution >= 0.6 is 0 Å². The van der Waals surface area contributed by atoms with Crippen molar-refractivity contribution >= 4 is 23.2 Å².